The van der Waals surface area contributed by atoms with Gasteiger partial charge in [-0.25, -0.2) is 0 Å². The SMILES string of the molecule is CC(=O)c1cc(N(C)C)c2c(c1OS(=O)(=O)C(F)(F)F)C(=O)C1C(=O)[C@]3(O)C(=O)C(C(N)=O)C(=O)C(N(C)C)C3CC1C2. The van der Waals surface area contributed by atoms with Crippen molar-refractivity contribution in [1.29, 1.82) is 0 Å². The number of alkyl halides is 3. The predicted octanol–water partition coefficient (Wildman–Crippen LogP) is -0.342. The summed E-state index contributed by atoms with van der Waals surface area (Å²) in [4.78, 5) is 82.0. The zero-order valence-corrected chi connectivity index (χ0v) is 24.3. The molecule has 0 radical (unpaired) electrons. The second kappa shape index (κ2) is 10.2. The smallest absolute Gasteiger partial charge is 0.377 e. The van der Waals surface area contributed by atoms with Gasteiger partial charge >= 0.3 is 15.6 Å². The number of benzene rings is 1. The third-order valence-electron chi connectivity index (χ3n) is 8.36. The molecule has 0 heterocycles. The first-order valence-electron chi connectivity index (χ1n) is 12.8. The van der Waals surface area contributed by atoms with Crippen LogP contribution in [0.5, 0.6) is 5.75 Å². The molecule has 0 bridgehead atoms. The molecule has 5 unspecified atom stereocenters. The molecule has 0 aromatic heterocycles. The number of halogens is 3. The van der Waals surface area contributed by atoms with Crippen molar-refractivity contribution in [1.82, 2.24) is 4.90 Å². The monoisotopic (exact) mass is 631 g/mol. The molecule has 17 heteroatoms. The van der Waals surface area contributed by atoms with E-state index in [1.807, 2.05) is 0 Å². The molecule has 6 atom stereocenters. The van der Waals surface area contributed by atoms with Crippen LogP contribution in [-0.4, -0.2) is 98.6 Å². The standard InChI is InChI=1S/C26H28F3N3O10S/c1-9(33)11-8-14(31(2)3)12-6-10-7-13-18(32(4)5)20(35)17(24(30)38)23(37)25(13,39)22(36)15(10)19(34)16(12)21(11)42-43(40,41)26(27,28)29/h8,10,13,15,17-18,39H,6-7H2,1-5H3,(H2,30,38)/t10?,13?,15?,17?,18?,25-/m0/s1. The largest absolute Gasteiger partial charge is 0.534 e. The van der Waals surface area contributed by atoms with Crippen molar-refractivity contribution >= 4 is 50.6 Å². The van der Waals surface area contributed by atoms with E-state index in [1.54, 1.807) is 0 Å². The summed E-state index contributed by atoms with van der Waals surface area (Å²) in [6.45, 7) is 0.895. The summed E-state index contributed by atoms with van der Waals surface area (Å²) >= 11 is 0. The van der Waals surface area contributed by atoms with Crippen molar-refractivity contribution in [3.8, 4) is 5.75 Å². The van der Waals surface area contributed by atoms with Crippen molar-refractivity contribution in [2.24, 2.45) is 29.4 Å². The molecule has 1 aromatic rings. The molecule has 13 nitrogen and oxygen atoms in total. The first-order chi connectivity index (χ1) is 19.6. The minimum absolute atomic E-state index is 0.0447. The maximum Gasteiger partial charge on any atom is 0.534 e. The van der Waals surface area contributed by atoms with Crippen LogP contribution in [0.1, 0.15) is 39.6 Å². The number of hydrogen-bond acceptors (Lipinski definition) is 12. The van der Waals surface area contributed by atoms with Gasteiger partial charge in [0, 0.05) is 25.7 Å². The summed E-state index contributed by atoms with van der Waals surface area (Å²) in [6, 6.07) is -0.295. The van der Waals surface area contributed by atoms with Crippen LogP contribution in [0, 0.1) is 23.7 Å². The zero-order chi connectivity index (χ0) is 32.7. The number of anilines is 1. The summed E-state index contributed by atoms with van der Waals surface area (Å²) in [5.41, 5.74) is -5.18. The van der Waals surface area contributed by atoms with Gasteiger partial charge < -0.3 is 19.9 Å². The van der Waals surface area contributed by atoms with Gasteiger partial charge in [0.25, 0.3) is 0 Å². The summed E-state index contributed by atoms with van der Waals surface area (Å²) in [7, 11) is -0.632. The zero-order valence-electron chi connectivity index (χ0n) is 23.5. The van der Waals surface area contributed by atoms with Crippen molar-refractivity contribution in [2.45, 2.75) is 36.9 Å². The highest BCUT2D eigenvalue weighted by atomic mass is 32.2. The van der Waals surface area contributed by atoms with Crippen molar-refractivity contribution in [3.63, 3.8) is 0 Å². The lowest BCUT2D eigenvalue weighted by atomic mass is 9.52. The van der Waals surface area contributed by atoms with Gasteiger partial charge in [-0.1, -0.05) is 0 Å². The number of nitrogens with zero attached hydrogens (tertiary/aromatic N) is 2. The lowest BCUT2D eigenvalue weighted by Gasteiger charge is -2.52. The van der Waals surface area contributed by atoms with Crippen LogP contribution < -0.4 is 14.8 Å². The average molecular weight is 632 g/mol. The number of hydrogen-bond donors (Lipinski definition) is 2. The van der Waals surface area contributed by atoms with Gasteiger partial charge in [-0.3, -0.25) is 33.7 Å². The lowest BCUT2D eigenvalue weighted by molar-refractivity contribution is -0.181. The van der Waals surface area contributed by atoms with Crippen LogP contribution in [-0.2, 0) is 35.7 Å². The maximum absolute atomic E-state index is 14.1. The number of carbonyl (C=O) groups is 6. The molecule has 43 heavy (non-hydrogen) atoms. The molecule has 3 aliphatic carbocycles. The van der Waals surface area contributed by atoms with E-state index < -0.39 is 103 Å². The maximum atomic E-state index is 14.1. The highest BCUT2D eigenvalue weighted by Crippen LogP contribution is 2.52. The van der Waals surface area contributed by atoms with Crippen LogP contribution in [0.3, 0.4) is 0 Å². The van der Waals surface area contributed by atoms with Crippen LogP contribution in [0.2, 0.25) is 0 Å². The Hall–Kier alpha value is -3.70. The number of ketones is 5. The Morgan fingerprint density at radius 2 is 1.67 bits per heavy atom. The van der Waals surface area contributed by atoms with Crippen LogP contribution in [0.25, 0.3) is 0 Å². The molecule has 1 amide bonds. The number of Topliss-reactive ketones (excluding diaryl/α,β-unsaturated/α-hetero) is 5. The molecule has 0 aliphatic heterocycles. The number of nitrogens with two attached hydrogens (primary N) is 1. The highest BCUT2D eigenvalue weighted by Gasteiger charge is 2.69. The van der Waals surface area contributed by atoms with Gasteiger partial charge in [-0.15, -0.1) is 0 Å². The normalized spacial score (nSPS) is 29.1. The van der Waals surface area contributed by atoms with Gasteiger partial charge in [-0.2, -0.15) is 21.6 Å². The number of amides is 1. The van der Waals surface area contributed by atoms with E-state index in [0.29, 0.717) is 0 Å². The fourth-order valence-electron chi connectivity index (χ4n) is 6.54. The van der Waals surface area contributed by atoms with E-state index in [1.165, 1.54) is 38.0 Å². The third kappa shape index (κ3) is 4.64. The van der Waals surface area contributed by atoms with Gasteiger partial charge in [0.15, 0.2) is 46.2 Å². The Labute approximate surface area is 243 Å². The van der Waals surface area contributed by atoms with E-state index in [4.69, 9.17) is 5.73 Å². The third-order valence-corrected chi connectivity index (χ3v) is 9.31. The quantitative estimate of drug-likeness (QED) is 0.180. The fraction of sp³-hybridized carbons (Fsp3) is 0.538. The van der Waals surface area contributed by atoms with E-state index >= 15 is 0 Å². The molecule has 2 saturated carbocycles. The Bertz CT molecular complexity index is 1600. The Balaban J connectivity index is 2.00. The van der Waals surface area contributed by atoms with E-state index in [-0.39, 0.29) is 24.1 Å². The van der Waals surface area contributed by atoms with Crippen LogP contribution in [0.4, 0.5) is 18.9 Å². The Kier molecular flexibility index (Phi) is 7.64. The van der Waals surface area contributed by atoms with Gasteiger partial charge in [0.1, 0.15) is 0 Å². The number of rotatable bonds is 6. The first kappa shape index (κ1) is 32.2. The molecular formula is C26H28F3N3O10S. The summed E-state index contributed by atoms with van der Waals surface area (Å²) < 4.78 is 68.5. The van der Waals surface area contributed by atoms with E-state index in [0.717, 1.165) is 13.0 Å². The molecule has 3 N–H and O–H groups in total. The summed E-state index contributed by atoms with van der Waals surface area (Å²) in [5, 5.41) is 11.7. The molecule has 1 aromatic carbocycles. The number of fused-ring (bicyclic) bond motifs is 3. The summed E-state index contributed by atoms with van der Waals surface area (Å²) in [5.74, 6) is -15.5. The number of primary amides is 1. The molecule has 2 fully saturated rings. The Morgan fingerprint density at radius 3 is 2.14 bits per heavy atom. The second-order valence-electron chi connectivity index (χ2n) is 11.3. The lowest BCUT2D eigenvalue weighted by Crippen LogP contribution is -2.74. The van der Waals surface area contributed by atoms with Crippen LogP contribution >= 0.6 is 0 Å². The van der Waals surface area contributed by atoms with E-state index in [2.05, 4.69) is 4.18 Å². The predicted molar refractivity (Wildman–Crippen MR) is 140 cm³/mol. The van der Waals surface area contributed by atoms with Gasteiger partial charge in [0.2, 0.25) is 5.91 Å². The second-order valence-corrected chi connectivity index (χ2v) is 12.9. The molecule has 4 rings (SSSR count). The fourth-order valence-corrected chi connectivity index (χ4v) is 7.03. The van der Waals surface area contributed by atoms with Gasteiger partial charge in [-0.05, 0) is 51.4 Å². The van der Waals surface area contributed by atoms with Gasteiger partial charge in [0.05, 0.1) is 23.1 Å². The average Bonchev–Trinajstić information content (AvgIpc) is 2.84. The molecule has 234 valence electrons. The van der Waals surface area contributed by atoms with E-state index in [9.17, 15) is 55.5 Å². The molecule has 0 saturated heterocycles. The van der Waals surface area contributed by atoms with Crippen molar-refractivity contribution < 1.29 is 59.6 Å². The topological polar surface area (TPSA) is 199 Å². The minimum atomic E-state index is -6.42. The molecular weight excluding hydrogens is 603 g/mol. The van der Waals surface area contributed by atoms with Crippen LogP contribution in [0.15, 0.2) is 6.07 Å². The number of aliphatic hydroxyl groups is 1. The number of likely N-dealkylation sites (N-methyl/N-ethyl adjacent to an activating group) is 1. The van der Waals surface area contributed by atoms with Crippen molar-refractivity contribution in [3.05, 3.63) is 22.8 Å². The minimum Gasteiger partial charge on any atom is -0.377 e. The molecule has 3 aliphatic rings. The number of carbonyl (C=O) groups excluding carboxylic acids is 6. The summed E-state index contributed by atoms with van der Waals surface area (Å²) in [6.07, 6.45) is -0.581. The Morgan fingerprint density at radius 1 is 1.09 bits per heavy atom. The molecule has 0 spiro atoms. The van der Waals surface area contributed by atoms with Crippen molar-refractivity contribution in [2.75, 3.05) is 33.1 Å². The highest BCUT2D eigenvalue weighted by molar-refractivity contribution is 7.88. The first-order valence-corrected chi connectivity index (χ1v) is 14.2.